The van der Waals surface area contributed by atoms with Crippen LogP contribution in [0.25, 0.3) is 32.4 Å². The van der Waals surface area contributed by atoms with Gasteiger partial charge in [0.2, 0.25) is 17.2 Å². The highest BCUT2D eigenvalue weighted by Gasteiger charge is 2.20. The molecule has 182 valence electrons. The quantitative estimate of drug-likeness (QED) is 0.353. The summed E-state index contributed by atoms with van der Waals surface area (Å²) in [5, 5.41) is 4.52. The smallest absolute Gasteiger partial charge is 0.263 e. The van der Waals surface area contributed by atoms with Gasteiger partial charge in [-0.05, 0) is 47.7 Å². The minimum atomic E-state index is -0.423. The van der Waals surface area contributed by atoms with Gasteiger partial charge in [-0.3, -0.25) is 14.2 Å². The molecule has 0 aliphatic carbocycles. The van der Waals surface area contributed by atoms with E-state index in [0.29, 0.717) is 22.6 Å². The van der Waals surface area contributed by atoms with E-state index in [1.165, 1.54) is 16.8 Å². The van der Waals surface area contributed by atoms with E-state index in [1.807, 2.05) is 61.5 Å². The Morgan fingerprint density at radius 1 is 1.05 bits per heavy atom. The zero-order chi connectivity index (χ0) is 26.1. The van der Waals surface area contributed by atoms with Crippen molar-refractivity contribution >= 4 is 28.2 Å². The number of hydrogen-bond acceptors (Lipinski definition) is 6. The van der Waals surface area contributed by atoms with Gasteiger partial charge in [0.15, 0.2) is 0 Å². The lowest BCUT2D eigenvalue weighted by Gasteiger charge is -2.22. The first kappa shape index (κ1) is 23.5. The van der Waals surface area contributed by atoms with Crippen LogP contribution in [0.3, 0.4) is 0 Å². The van der Waals surface area contributed by atoms with Crippen LogP contribution in [-0.4, -0.2) is 19.1 Å². The number of aryl methyl sites for hydroxylation is 1. The van der Waals surface area contributed by atoms with Crippen molar-refractivity contribution in [2.45, 2.75) is 13.0 Å². The van der Waals surface area contributed by atoms with E-state index < -0.39 is 6.04 Å². The van der Waals surface area contributed by atoms with Crippen LogP contribution in [0.4, 0.5) is 17.5 Å². The Bertz CT molecular complexity index is 1800. The van der Waals surface area contributed by atoms with Crippen molar-refractivity contribution in [3.63, 3.8) is 0 Å². The number of aromatic nitrogens is 4. The molecule has 0 saturated heterocycles. The Labute approximate surface area is 212 Å². The average molecular weight is 490 g/mol. The maximum Gasteiger partial charge on any atom is 0.263 e. The second-order valence-corrected chi connectivity index (χ2v) is 8.62. The summed E-state index contributed by atoms with van der Waals surface area (Å²) in [7, 11) is 1.68. The molecule has 2 aromatic carbocycles. The van der Waals surface area contributed by atoms with Crippen molar-refractivity contribution in [1.82, 2.24) is 19.1 Å². The molecule has 0 bridgehead atoms. The zero-order valence-electron chi connectivity index (χ0n) is 20.2. The second-order valence-electron chi connectivity index (χ2n) is 8.62. The molecule has 37 heavy (non-hydrogen) atoms. The standard InChI is InChI=1S/C28H23N7O2/c1-17(32-26-22(30-2)15-31-28(29)33-26)23-14-18-8-7-11-21(19-12-13-24(36)34(3)16-19)25(18)27(37)35(23)20-9-5-4-6-10-20/h4-17H,1,3H3,(H3,29,31,32,33)/t17-/m0/s1. The van der Waals surface area contributed by atoms with Gasteiger partial charge in [0.05, 0.1) is 18.0 Å². The first-order chi connectivity index (χ1) is 17.9. The van der Waals surface area contributed by atoms with Crippen molar-refractivity contribution in [3.8, 4) is 16.8 Å². The minimum Gasteiger partial charge on any atom is -0.371 e. The number of hydrogen-bond donors (Lipinski definition) is 2. The lowest BCUT2D eigenvalue weighted by atomic mass is 9.98. The first-order valence-electron chi connectivity index (χ1n) is 11.5. The van der Waals surface area contributed by atoms with Crippen molar-refractivity contribution in [2.75, 3.05) is 11.1 Å². The first-order valence-corrected chi connectivity index (χ1v) is 11.5. The number of rotatable bonds is 5. The predicted molar refractivity (Wildman–Crippen MR) is 145 cm³/mol. The summed E-state index contributed by atoms with van der Waals surface area (Å²) in [4.78, 5) is 37.7. The van der Waals surface area contributed by atoms with E-state index in [4.69, 9.17) is 12.3 Å². The molecule has 3 N–H and O–H groups in total. The summed E-state index contributed by atoms with van der Waals surface area (Å²) in [5.74, 6) is 0.337. The van der Waals surface area contributed by atoms with Crippen molar-refractivity contribution in [2.24, 2.45) is 7.05 Å². The van der Waals surface area contributed by atoms with Crippen LogP contribution >= 0.6 is 0 Å². The Hall–Kier alpha value is -5.23. The number of nitrogens with two attached hydrogens (primary N) is 1. The van der Waals surface area contributed by atoms with Gasteiger partial charge in [0.25, 0.3) is 5.56 Å². The van der Waals surface area contributed by atoms with Crippen LogP contribution in [0.1, 0.15) is 18.7 Å². The van der Waals surface area contributed by atoms with E-state index in [0.717, 1.165) is 16.5 Å². The molecule has 0 aliphatic rings. The summed E-state index contributed by atoms with van der Waals surface area (Å²) >= 11 is 0. The highest BCUT2D eigenvalue weighted by Crippen LogP contribution is 2.31. The molecule has 9 heteroatoms. The highest BCUT2D eigenvalue weighted by atomic mass is 16.1. The molecular formula is C28H23N7O2. The Morgan fingerprint density at radius 2 is 1.84 bits per heavy atom. The predicted octanol–water partition coefficient (Wildman–Crippen LogP) is 4.45. The molecule has 0 aliphatic heterocycles. The number of pyridine rings is 2. The van der Waals surface area contributed by atoms with Gasteiger partial charge in [-0.2, -0.15) is 0 Å². The third-order valence-electron chi connectivity index (χ3n) is 6.19. The SMILES string of the molecule is [C-]#[N+]c1cnc(N)nc1N[C@@H](C)c1cc2cccc(-c3ccc(=O)n(C)c3)c2c(=O)n1-c1ccccc1. The van der Waals surface area contributed by atoms with Crippen molar-refractivity contribution in [1.29, 1.82) is 0 Å². The fraction of sp³-hybridized carbons (Fsp3) is 0.107. The van der Waals surface area contributed by atoms with E-state index in [1.54, 1.807) is 23.9 Å². The molecule has 0 spiro atoms. The van der Waals surface area contributed by atoms with Crippen LogP contribution in [0, 0.1) is 6.57 Å². The third kappa shape index (κ3) is 4.32. The van der Waals surface area contributed by atoms with Gasteiger partial charge < -0.3 is 15.6 Å². The normalized spacial score (nSPS) is 11.7. The van der Waals surface area contributed by atoms with Gasteiger partial charge in [0, 0.05) is 36.9 Å². The molecule has 0 fully saturated rings. The average Bonchev–Trinajstić information content (AvgIpc) is 2.90. The van der Waals surface area contributed by atoms with Crippen LogP contribution in [0.5, 0.6) is 0 Å². The monoisotopic (exact) mass is 489 g/mol. The van der Waals surface area contributed by atoms with Gasteiger partial charge in [0.1, 0.15) is 5.82 Å². The van der Waals surface area contributed by atoms with Crippen LogP contribution in [0.2, 0.25) is 0 Å². The number of nitrogens with zero attached hydrogens (tertiary/aromatic N) is 5. The van der Waals surface area contributed by atoms with E-state index in [-0.39, 0.29) is 22.8 Å². The molecule has 0 saturated carbocycles. The topological polar surface area (TPSA) is 112 Å². The number of para-hydroxylation sites is 1. The molecule has 1 atom stereocenters. The van der Waals surface area contributed by atoms with Gasteiger partial charge in [-0.15, -0.1) is 0 Å². The summed E-state index contributed by atoms with van der Waals surface area (Å²) in [6.45, 7) is 9.34. The number of benzene rings is 2. The van der Waals surface area contributed by atoms with E-state index >= 15 is 0 Å². The molecule has 5 aromatic rings. The lowest BCUT2D eigenvalue weighted by molar-refractivity contribution is 0.774. The number of nitrogens with one attached hydrogen (secondary N) is 1. The Morgan fingerprint density at radius 3 is 2.57 bits per heavy atom. The summed E-state index contributed by atoms with van der Waals surface area (Å²) in [6.07, 6.45) is 3.10. The molecule has 0 amide bonds. The zero-order valence-corrected chi connectivity index (χ0v) is 20.2. The molecule has 9 nitrogen and oxygen atoms in total. The number of nitrogen functional groups attached to an aromatic ring is 1. The molecule has 0 unspecified atom stereocenters. The molecular weight excluding hydrogens is 466 g/mol. The van der Waals surface area contributed by atoms with Gasteiger partial charge >= 0.3 is 0 Å². The largest absolute Gasteiger partial charge is 0.371 e. The Balaban J connectivity index is 1.76. The van der Waals surface area contributed by atoms with Crippen LogP contribution in [0.15, 0.2) is 88.7 Å². The van der Waals surface area contributed by atoms with Crippen molar-refractivity contribution < 1.29 is 0 Å². The summed E-state index contributed by atoms with van der Waals surface area (Å²) in [6, 6.07) is 19.8. The molecule has 3 aromatic heterocycles. The number of fused-ring (bicyclic) bond motifs is 1. The van der Waals surface area contributed by atoms with Crippen LogP contribution < -0.4 is 22.2 Å². The fourth-order valence-electron chi connectivity index (χ4n) is 4.39. The lowest BCUT2D eigenvalue weighted by Crippen LogP contribution is -2.26. The van der Waals surface area contributed by atoms with E-state index in [2.05, 4.69) is 20.1 Å². The van der Waals surface area contributed by atoms with E-state index in [9.17, 15) is 9.59 Å². The molecule has 5 rings (SSSR count). The molecule has 0 radical (unpaired) electrons. The van der Waals surface area contributed by atoms with Gasteiger partial charge in [-0.1, -0.05) is 36.4 Å². The van der Waals surface area contributed by atoms with Gasteiger partial charge in [-0.25, -0.2) is 14.8 Å². The second kappa shape index (κ2) is 9.43. The maximum atomic E-state index is 14.2. The summed E-state index contributed by atoms with van der Waals surface area (Å²) < 4.78 is 3.15. The fourth-order valence-corrected chi connectivity index (χ4v) is 4.39. The number of anilines is 2. The highest BCUT2D eigenvalue weighted by molar-refractivity contribution is 5.96. The minimum absolute atomic E-state index is 0.0444. The molecule has 3 heterocycles. The van der Waals surface area contributed by atoms with Crippen LogP contribution in [-0.2, 0) is 7.05 Å². The Kier molecular flexibility index (Phi) is 5.99. The van der Waals surface area contributed by atoms with Crippen molar-refractivity contribution in [3.05, 3.63) is 117 Å². The summed E-state index contributed by atoms with van der Waals surface area (Å²) in [5.41, 5.74) is 8.53. The third-order valence-corrected chi connectivity index (χ3v) is 6.19. The maximum absolute atomic E-state index is 14.2.